The fourth-order valence-corrected chi connectivity index (χ4v) is 2.90. The average Bonchev–Trinajstić information content (AvgIpc) is 2.65. The van der Waals surface area contributed by atoms with Crippen LogP contribution in [0.4, 0.5) is 0 Å². The van der Waals surface area contributed by atoms with E-state index in [1.54, 1.807) is 0 Å². The summed E-state index contributed by atoms with van der Waals surface area (Å²) in [5, 5.41) is 2.95. The highest BCUT2D eigenvalue weighted by atomic mass is 16.6. The zero-order chi connectivity index (χ0) is 19.4. The van der Waals surface area contributed by atoms with Gasteiger partial charge in [0.1, 0.15) is 19.0 Å². The van der Waals surface area contributed by atoms with Crippen LogP contribution in [0.2, 0.25) is 0 Å². The third-order valence-electron chi connectivity index (χ3n) is 4.53. The van der Waals surface area contributed by atoms with Crippen LogP contribution in [0.1, 0.15) is 44.9 Å². The summed E-state index contributed by atoms with van der Waals surface area (Å²) in [6.07, 6.45) is 0. The molecule has 0 aromatic heterocycles. The van der Waals surface area contributed by atoms with Crippen molar-refractivity contribution >= 4 is 5.91 Å². The minimum Gasteiger partial charge on any atom is -0.486 e. The molecule has 0 bridgehead atoms. The molecule has 144 valence electrons. The minimum atomic E-state index is -0.169. The largest absolute Gasteiger partial charge is 0.486 e. The lowest BCUT2D eigenvalue weighted by atomic mass is 9.87. The fraction of sp³-hybridized carbons (Fsp3) is 0.409. The Morgan fingerprint density at radius 2 is 1.74 bits per heavy atom. The molecule has 27 heavy (non-hydrogen) atoms. The smallest absolute Gasteiger partial charge is 0.258 e. The third kappa shape index (κ3) is 4.94. The highest BCUT2D eigenvalue weighted by Crippen LogP contribution is 2.32. The van der Waals surface area contributed by atoms with Crippen molar-refractivity contribution in [1.29, 1.82) is 0 Å². The number of ether oxygens (including phenoxy) is 3. The summed E-state index contributed by atoms with van der Waals surface area (Å²) in [5.41, 5.74) is 2.28. The summed E-state index contributed by atoms with van der Waals surface area (Å²) in [4.78, 5) is 12.2. The third-order valence-corrected chi connectivity index (χ3v) is 4.53. The first-order valence-electron chi connectivity index (χ1n) is 9.25. The van der Waals surface area contributed by atoms with Crippen LogP contribution in [0, 0.1) is 0 Å². The van der Waals surface area contributed by atoms with Crippen molar-refractivity contribution in [3.8, 4) is 17.2 Å². The SMILES string of the molecule is CC(NC(=O)COc1ccc(C(C)(C)C)cc1)c1ccc2c(c1)OCCO2. The number of rotatable bonds is 5. The molecule has 1 N–H and O–H groups in total. The topological polar surface area (TPSA) is 56.8 Å². The molecule has 1 amide bonds. The van der Waals surface area contributed by atoms with E-state index in [1.165, 1.54) is 5.56 Å². The van der Waals surface area contributed by atoms with Crippen molar-refractivity contribution in [2.45, 2.75) is 39.2 Å². The number of benzene rings is 2. The molecule has 5 heteroatoms. The van der Waals surface area contributed by atoms with Crippen LogP contribution in [0.3, 0.4) is 0 Å². The number of carbonyl (C=O) groups excluding carboxylic acids is 1. The van der Waals surface area contributed by atoms with Crippen LogP contribution >= 0.6 is 0 Å². The van der Waals surface area contributed by atoms with E-state index in [9.17, 15) is 4.79 Å². The van der Waals surface area contributed by atoms with Crippen LogP contribution in [0.5, 0.6) is 17.2 Å². The van der Waals surface area contributed by atoms with Gasteiger partial charge in [-0.1, -0.05) is 39.0 Å². The van der Waals surface area contributed by atoms with Gasteiger partial charge in [-0.05, 0) is 47.7 Å². The van der Waals surface area contributed by atoms with E-state index in [-0.39, 0.29) is 24.0 Å². The Hall–Kier alpha value is -2.69. The van der Waals surface area contributed by atoms with Gasteiger partial charge in [0.2, 0.25) is 0 Å². The van der Waals surface area contributed by atoms with Crippen molar-refractivity contribution < 1.29 is 19.0 Å². The molecule has 1 unspecified atom stereocenters. The van der Waals surface area contributed by atoms with Gasteiger partial charge in [0.25, 0.3) is 5.91 Å². The molecule has 1 heterocycles. The summed E-state index contributed by atoms with van der Waals surface area (Å²) < 4.78 is 16.7. The Morgan fingerprint density at radius 3 is 2.41 bits per heavy atom. The molecule has 0 aliphatic carbocycles. The van der Waals surface area contributed by atoms with E-state index in [4.69, 9.17) is 14.2 Å². The quantitative estimate of drug-likeness (QED) is 0.865. The predicted molar refractivity (Wildman–Crippen MR) is 105 cm³/mol. The summed E-state index contributed by atoms with van der Waals surface area (Å²) in [6, 6.07) is 13.4. The molecule has 0 saturated heterocycles. The van der Waals surface area contributed by atoms with Gasteiger partial charge < -0.3 is 19.5 Å². The first-order valence-corrected chi connectivity index (χ1v) is 9.25. The van der Waals surface area contributed by atoms with Crippen LogP contribution in [0.25, 0.3) is 0 Å². The number of amides is 1. The molecule has 2 aromatic rings. The Labute approximate surface area is 160 Å². The van der Waals surface area contributed by atoms with Gasteiger partial charge in [0.15, 0.2) is 18.1 Å². The Balaban J connectivity index is 1.53. The average molecular weight is 369 g/mol. The zero-order valence-corrected chi connectivity index (χ0v) is 16.4. The monoisotopic (exact) mass is 369 g/mol. The normalized spacial score (nSPS) is 14.4. The second-order valence-electron chi connectivity index (χ2n) is 7.76. The van der Waals surface area contributed by atoms with Crippen molar-refractivity contribution in [2.75, 3.05) is 19.8 Å². The van der Waals surface area contributed by atoms with Crippen molar-refractivity contribution in [1.82, 2.24) is 5.32 Å². The number of nitrogens with one attached hydrogen (secondary N) is 1. The van der Waals surface area contributed by atoms with Gasteiger partial charge in [-0.3, -0.25) is 4.79 Å². The van der Waals surface area contributed by atoms with E-state index in [0.717, 1.165) is 17.1 Å². The Kier molecular flexibility index (Phi) is 5.59. The number of carbonyl (C=O) groups is 1. The van der Waals surface area contributed by atoms with E-state index in [2.05, 4.69) is 26.1 Å². The second kappa shape index (κ2) is 7.91. The summed E-state index contributed by atoms with van der Waals surface area (Å²) in [6.45, 7) is 9.50. The predicted octanol–water partition coefficient (Wildman–Crippen LogP) is 4.01. The summed E-state index contributed by atoms with van der Waals surface area (Å²) in [7, 11) is 0. The number of hydrogen-bond donors (Lipinski definition) is 1. The van der Waals surface area contributed by atoms with E-state index in [0.29, 0.717) is 19.0 Å². The van der Waals surface area contributed by atoms with Gasteiger partial charge in [-0.25, -0.2) is 0 Å². The van der Waals surface area contributed by atoms with Crippen molar-refractivity contribution in [2.24, 2.45) is 0 Å². The molecule has 0 fully saturated rings. The lowest BCUT2D eigenvalue weighted by molar-refractivity contribution is -0.123. The molecule has 0 saturated carbocycles. The van der Waals surface area contributed by atoms with Crippen LogP contribution in [0.15, 0.2) is 42.5 Å². The molecule has 0 spiro atoms. The lowest BCUT2D eigenvalue weighted by Gasteiger charge is -2.21. The van der Waals surface area contributed by atoms with Crippen LogP contribution < -0.4 is 19.5 Å². The molecule has 0 radical (unpaired) electrons. The maximum Gasteiger partial charge on any atom is 0.258 e. The molecule has 3 rings (SSSR count). The van der Waals surface area contributed by atoms with Crippen LogP contribution in [-0.4, -0.2) is 25.7 Å². The highest BCUT2D eigenvalue weighted by molar-refractivity contribution is 5.78. The molecule has 5 nitrogen and oxygen atoms in total. The van der Waals surface area contributed by atoms with Gasteiger partial charge in [-0.15, -0.1) is 0 Å². The molecule has 1 atom stereocenters. The van der Waals surface area contributed by atoms with E-state index < -0.39 is 0 Å². The second-order valence-corrected chi connectivity index (χ2v) is 7.76. The van der Waals surface area contributed by atoms with Gasteiger partial charge >= 0.3 is 0 Å². The highest BCUT2D eigenvalue weighted by Gasteiger charge is 2.16. The Morgan fingerprint density at radius 1 is 1.07 bits per heavy atom. The first kappa shape index (κ1) is 19.1. The van der Waals surface area contributed by atoms with Crippen molar-refractivity contribution in [3.05, 3.63) is 53.6 Å². The zero-order valence-electron chi connectivity index (χ0n) is 16.4. The van der Waals surface area contributed by atoms with E-state index in [1.807, 2.05) is 49.4 Å². The minimum absolute atomic E-state index is 0.0241. The number of fused-ring (bicyclic) bond motifs is 1. The first-order chi connectivity index (χ1) is 12.8. The maximum atomic E-state index is 12.2. The summed E-state index contributed by atoms with van der Waals surface area (Å²) >= 11 is 0. The number of hydrogen-bond acceptors (Lipinski definition) is 4. The molecular formula is C22H27NO4. The molecular weight excluding hydrogens is 342 g/mol. The Bertz CT molecular complexity index is 793. The van der Waals surface area contributed by atoms with Gasteiger partial charge in [-0.2, -0.15) is 0 Å². The molecule has 1 aliphatic heterocycles. The summed E-state index contributed by atoms with van der Waals surface area (Å²) in [5.74, 6) is 1.98. The molecule has 2 aromatic carbocycles. The fourth-order valence-electron chi connectivity index (χ4n) is 2.90. The van der Waals surface area contributed by atoms with Crippen LogP contribution in [-0.2, 0) is 10.2 Å². The van der Waals surface area contributed by atoms with E-state index >= 15 is 0 Å². The van der Waals surface area contributed by atoms with Gasteiger partial charge in [0.05, 0.1) is 6.04 Å². The van der Waals surface area contributed by atoms with Gasteiger partial charge in [0, 0.05) is 0 Å². The lowest BCUT2D eigenvalue weighted by Crippen LogP contribution is -2.31. The molecule has 1 aliphatic rings. The van der Waals surface area contributed by atoms with Crippen molar-refractivity contribution in [3.63, 3.8) is 0 Å². The maximum absolute atomic E-state index is 12.2. The standard InChI is InChI=1S/C22H27NO4/c1-15(16-5-10-19-20(13-16)26-12-11-25-19)23-21(24)14-27-18-8-6-17(7-9-18)22(2,3)4/h5-10,13,15H,11-12,14H2,1-4H3,(H,23,24).